The first-order valence-corrected chi connectivity index (χ1v) is 9.22. The second kappa shape index (κ2) is 8.54. The molecule has 1 heterocycles. The molecule has 1 saturated carbocycles. The minimum atomic E-state index is 0.157. The summed E-state index contributed by atoms with van der Waals surface area (Å²) in [5.74, 6) is 1.51. The van der Waals surface area contributed by atoms with Crippen LogP contribution >= 0.6 is 0 Å². The Kier molecular flexibility index (Phi) is 6.71. The highest BCUT2D eigenvalue weighted by Crippen LogP contribution is 2.28. The second-order valence-electron chi connectivity index (χ2n) is 6.91. The predicted octanol–water partition coefficient (Wildman–Crippen LogP) is 3.06. The van der Waals surface area contributed by atoms with E-state index in [-0.39, 0.29) is 11.8 Å². The number of carbonyl (C=O) groups is 2. The highest BCUT2D eigenvalue weighted by molar-refractivity contribution is 5.80. The predicted molar refractivity (Wildman–Crippen MR) is 88.4 cm³/mol. The molecule has 0 spiro atoms. The molecular weight excluding hydrogens is 276 g/mol. The van der Waals surface area contributed by atoms with E-state index in [0.717, 1.165) is 38.3 Å². The van der Waals surface area contributed by atoms with Gasteiger partial charge < -0.3 is 9.80 Å². The van der Waals surface area contributed by atoms with Gasteiger partial charge in [-0.1, -0.05) is 39.5 Å². The van der Waals surface area contributed by atoms with Gasteiger partial charge in [0.15, 0.2) is 0 Å². The van der Waals surface area contributed by atoms with Crippen molar-refractivity contribution >= 4 is 11.8 Å². The summed E-state index contributed by atoms with van der Waals surface area (Å²) in [4.78, 5) is 28.6. The molecule has 2 rings (SSSR count). The van der Waals surface area contributed by atoms with Crippen molar-refractivity contribution in [2.24, 2.45) is 11.8 Å². The molecule has 1 aliphatic heterocycles. The van der Waals surface area contributed by atoms with Crippen molar-refractivity contribution in [3.63, 3.8) is 0 Å². The van der Waals surface area contributed by atoms with Gasteiger partial charge >= 0.3 is 0 Å². The molecule has 0 N–H and O–H groups in total. The minimum Gasteiger partial charge on any atom is -0.339 e. The SMILES string of the molecule is CCC(CC)C(=O)N1CCN(C(=O)CCC2CCCC2)CC1. The summed E-state index contributed by atoms with van der Waals surface area (Å²) in [6.45, 7) is 7.02. The molecule has 0 unspecified atom stereocenters. The van der Waals surface area contributed by atoms with Gasteiger partial charge in [0, 0.05) is 38.5 Å². The smallest absolute Gasteiger partial charge is 0.225 e. The number of carbonyl (C=O) groups excluding carboxylic acids is 2. The standard InChI is InChI=1S/C18H32N2O2/c1-3-16(4-2)18(22)20-13-11-19(12-14-20)17(21)10-9-15-7-5-6-8-15/h15-16H,3-14H2,1-2H3. The molecule has 2 fully saturated rings. The first kappa shape index (κ1) is 17.3. The lowest BCUT2D eigenvalue weighted by Gasteiger charge is -2.36. The zero-order valence-corrected chi connectivity index (χ0v) is 14.4. The molecule has 2 amide bonds. The molecule has 0 aromatic carbocycles. The lowest BCUT2D eigenvalue weighted by Crippen LogP contribution is -2.51. The van der Waals surface area contributed by atoms with Crippen molar-refractivity contribution in [2.45, 2.75) is 65.2 Å². The molecule has 126 valence electrons. The summed E-state index contributed by atoms with van der Waals surface area (Å²) in [7, 11) is 0. The third kappa shape index (κ3) is 4.47. The summed E-state index contributed by atoms with van der Waals surface area (Å²) in [6, 6.07) is 0. The molecule has 0 aromatic rings. The summed E-state index contributed by atoms with van der Waals surface area (Å²) in [5.41, 5.74) is 0. The lowest BCUT2D eigenvalue weighted by atomic mass is 10.0. The van der Waals surface area contributed by atoms with Crippen LogP contribution in [-0.4, -0.2) is 47.8 Å². The average molecular weight is 308 g/mol. The number of hydrogen-bond donors (Lipinski definition) is 0. The van der Waals surface area contributed by atoms with Crippen LogP contribution in [0, 0.1) is 11.8 Å². The maximum Gasteiger partial charge on any atom is 0.225 e. The molecular formula is C18H32N2O2. The normalized spacial score (nSPS) is 20.0. The van der Waals surface area contributed by atoms with Gasteiger partial charge in [-0.05, 0) is 25.2 Å². The summed E-state index contributed by atoms with van der Waals surface area (Å²) >= 11 is 0. The van der Waals surface area contributed by atoms with E-state index in [1.165, 1.54) is 25.7 Å². The maximum absolute atomic E-state index is 12.4. The van der Waals surface area contributed by atoms with Crippen LogP contribution in [0.1, 0.15) is 65.2 Å². The number of nitrogens with zero attached hydrogens (tertiary/aromatic N) is 2. The molecule has 4 nitrogen and oxygen atoms in total. The number of hydrogen-bond acceptors (Lipinski definition) is 2. The fraction of sp³-hybridized carbons (Fsp3) is 0.889. The summed E-state index contributed by atoms with van der Waals surface area (Å²) in [6.07, 6.45) is 8.89. The number of amides is 2. The van der Waals surface area contributed by atoms with Crippen LogP contribution in [0.4, 0.5) is 0 Å². The summed E-state index contributed by atoms with van der Waals surface area (Å²) < 4.78 is 0. The Morgan fingerprint density at radius 1 is 0.955 bits per heavy atom. The highest BCUT2D eigenvalue weighted by atomic mass is 16.2. The largest absolute Gasteiger partial charge is 0.339 e. The molecule has 0 atom stereocenters. The van der Waals surface area contributed by atoms with Crippen LogP contribution in [0.3, 0.4) is 0 Å². The maximum atomic E-state index is 12.4. The Morgan fingerprint density at radius 2 is 1.50 bits per heavy atom. The molecule has 2 aliphatic rings. The van der Waals surface area contributed by atoms with Gasteiger partial charge in [-0.15, -0.1) is 0 Å². The van der Waals surface area contributed by atoms with Gasteiger partial charge in [-0.2, -0.15) is 0 Å². The fourth-order valence-electron chi connectivity index (χ4n) is 3.86. The van der Waals surface area contributed by atoms with Crippen molar-refractivity contribution < 1.29 is 9.59 Å². The Hall–Kier alpha value is -1.06. The zero-order chi connectivity index (χ0) is 15.9. The van der Waals surface area contributed by atoms with Crippen LogP contribution in [-0.2, 0) is 9.59 Å². The van der Waals surface area contributed by atoms with Crippen molar-refractivity contribution in [3.8, 4) is 0 Å². The fourth-order valence-corrected chi connectivity index (χ4v) is 3.86. The van der Waals surface area contributed by atoms with Crippen LogP contribution in [0.25, 0.3) is 0 Å². The Labute approximate surface area is 135 Å². The number of rotatable bonds is 6. The lowest BCUT2D eigenvalue weighted by molar-refractivity contribution is -0.142. The number of piperazine rings is 1. The van der Waals surface area contributed by atoms with Crippen LogP contribution in [0.2, 0.25) is 0 Å². The molecule has 1 aliphatic carbocycles. The van der Waals surface area contributed by atoms with Crippen LogP contribution < -0.4 is 0 Å². The van der Waals surface area contributed by atoms with Gasteiger partial charge in [0.25, 0.3) is 0 Å². The summed E-state index contributed by atoms with van der Waals surface area (Å²) in [5, 5.41) is 0. The van der Waals surface area contributed by atoms with E-state index >= 15 is 0 Å². The minimum absolute atomic E-state index is 0.157. The van der Waals surface area contributed by atoms with E-state index in [4.69, 9.17) is 0 Å². The zero-order valence-electron chi connectivity index (χ0n) is 14.4. The monoisotopic (exact) mass is 308 g/mol. The Balaban J connectivity index is 1.71. The Morgan fingerprint density at radius 3 is 2.05 bits per heavy atom. The van der Waals surface area contributed by atoms with Crippen LogP contribution in [0.15, 0.2) is 0 Å². The van der Waals surface area contributed by atoms with E-state index in [2.05, 4.69) is 13.8 Å². The van der Waals surface area contributed by atoms with E-state index in [1.807, 2.05) is 9.80 Å². The third-order valence-corrected chi connectivity index (χ3v) is 5.52. The van der Waals surface area contributed by atoms with E-state index < -0.39 is 0 Å². The molecule has 1 saturated heterocycles. The van der Waals surface area contributed by atoms with Crippen LogP contribution in [0.5, 0.6) is 0 Å². The molecule has 0 bridgehead atoms. The second-order valence-corrected chi connectivity index (χ2v) is 6.91. The Bertz CT molecular complexity index is 365. The topological polar surface area (TPSA) is 40.6 Å². The first-order chi connectivity index (χ1) is 10.7. The first-order valence-electron chi connectivity index (χ1n) is 9.22. The van der Waals surface area contributed by atoms with Gasteiger partial charge in [0.1, 0.15) is 0 Å². The average Bonchev–Trinajstić information content (AvgIpc) is 3.07. The van der Waals surface area contributed by atoms with E-state index in [1.54, 1.807) is 0 Å². The third-order valence-electron chi connectivity index (χ3n) is 5.52. The van der Waals surface area contributed by atoms with Crippen molar-refractivity contribution in [1.82, 2.24) is 9.80 Å². The van der Waals surface area contributed by atoms with E-state index in [9.17, 15) is 9.59 Å². The van der Waals surface area contributed by atoms with Crippen molar-refractivity contribution in [1.29, 1.82) is 0 Å². The van der Waals surface area contributed by atoms with Gasteiger partial charge in [-0.25, -0.2) is 0 Å². The van der Waals surface area contributed by atoms with Crippen molar-refractivity contribution in [2.75, 3.05) is 26.2 Å². The van der Waals surface area contributed by atoms with Gasteiger partial charge in [-0.3, -0.25) is 9.59 Å². The quantitative estimate of drug-likeness (QED) is 0.756. The van der Waals surface area contributed by atoms with Gasteiger partial charge in [0.2, 0.25) is 11.8 Å². The molecule has 0 radical (unpaired) electrons. The van der Waals surface area contributed by atoms with E-state index in [0.29, 0.717) is 25.4 Å². The molecule has 0 aromatic heterocycles. The van der Waals surface area contributed by atoms with Crippen molar-refractivity contribution in [3.05, 3.63) is 0 Å². The van der Waals surface area contributed by atoms with Gasteiger partial charge in [0.05, 0.1) is 0 Å². The molecule has 22 heavy (non-hydrogen) atoms. The highest BCUT2D eigenvalue weighted by Gasteiger charge is 2.27. The molecule has 4 heteroatoms.